The lowest BCUT2D eigenvalue weighted by Gasteiger charge is -1.99. The van der Waals surface area contributed by atoms with E-state index >= 15 is 0 Å². The van der Waals surface area contributed by atoms with Crippen LogP contribution in [0.1, 0.15) is 36.7 Å². The normalized spacial score (nSPS) is 15.1. The lowest BCUT2D eigenvalue weighted by atomic mass is 10.2. The van der Waals surface area contributed by atoms with Crippen LogP contribution in [-0.4, -0.2) is 17.6 Å². The van der Waals surface area contributed by atoms with E-state index in [1.807, 2.05) is 19.9 Å². The van der Waals surface area contributed by atoms with E-state index in [0.717, 1.165) is 54.2 Å². The molecular weight excluding hydrogens is 240 g/mol. The third kappa shape index (κ3) is 3.07. The highest BCUT2D eigenvalue weighted by molar-refractivity contribution is 5.59. The van der Waals surface area contributed by atoms with E-state index in [9.17, 15) is 0 Å². The van der Waals surface area contributed by atoms with Crippen molar-refractivity contribution in [2.75, 3.05) is 6.54 Å². The molecule has 0 aliphatic heterocycles. The molecule has 2 aromatic heterocycles. The van der Waals surface area contributed by atoms with Gasteiger partial charge in [0, 0.05) is 12.5 Å². The minimum atomic E-state index is 0.775. The van der Waals surface area contributed by atoms with Crippen molar-refractivity contribution in [3.63, 3.8) is 0 Å². The first-order valence-electron chi connectivity index (χ1n) is 6.98. The minimum Gasteiger partial charge on any atom is -0.466 e. The molecule has 0 atom stereocenters. The van der Waals surface area contributed by atoms with Crippen molar-refractivity contribution >= 4 is 0 Å². The first kappa shape index (κ1) is 12.5. The maximum atomic E-state index is 5.79. The fraction of sp³-hybridized carbons (Fsp3) is 0.533. The maximum Gasteiger partial charge on any atom is 0.194 e. The number of hydrogen-bond acceptors (Lipinski definition) is 4. The van der Waals surface area contributed by atoms with E-state index in [4.69, 9.17) is 8.83 Å². The van der Waals surface area contributed by atoms with Crippen molar-refractivity contribution in [3.8, 4) is 11.3 Å². The van der Waals surface area contributed by atoms with Gasteiger partial charge in [-0.15, -0.1) is 0 Å². The van der Waals surface area contributed by atoms with Gasteiger partial charge in [0.15, 0.2) is 11.7 Å². The molecule has 0 aromatic carbocycles. The summed E-state index contributed by atoms with van der Waals surface area (Å²) < 4.78 is 11.3. The van der Waals surface area contributed by atoms with Gasteiger partial charge in [-0.3, -0.25) is 0 Å². The fourth-order valence-electron chi connectivity index (χ4n) is 2.26. The summed E-state index contributed by atoms with van der Waals surface area (Å²) in [6.45, 7) is 4.94. The van der Waals surface area contributed by atoms with Crippen LogP contribution in [0.5, 0.6) is 0 Å². The Morgan fingerprint density at radius 2 is 2.16 bits per heavy atom. The average molecular weight is 260 g/mol. The molecule has 0 amide bonds. The number of rotatable bonds is 6. The third-order valence-corrected chi connectivity index (χ3v) is 3.44. The minimum absolute atomic E-state index is 0.775. The molecule has 4 nitrogen and oxygen atoms in total. The number of aromatic nitrogens is 1. The largest absolute Gasteiger partial charge is 0.466 e. The van der Waals surface area contributed by atoms with Gasteiger partial charge in [0.2, 0.25) is 0 Å². The van der Waals surface area contributed by atoms with Crippen LogP contribution in [0.15, 0.2) is 21.1 Å². The first-order chi connectivity index (χ1) is 9.22. The molecule has 2 aromatic rings. The van der Waals surface area contributed by atoms with Crippen molar-refractivity contribution < 1.29 is 8.83 Å². The molecule has 0 bridgehead atoms. The number of aryl methyl sites for hydroxylation is 3. The maximum absolute atomic E-state index is 5.79. The van der Waals surface area contributed by atoms with Gasteiger partial charge in [0.1, 0.15) is 11.5 Å². The van der Waals surface area contributed by atoms with E-state index in [1.54, 1.807) is 6.20 Å². The lowest BCUT2D eigenvalue weighted by molar-refractivity contribution is 0.485. The molecule has 1 aliphatic carbocycles. The summed E-state index contributed by atoms with van der Waals surface area (Å²) in [5.41, 5.74) is 1.01. The SMILES string of the molecule is Cc1cc(-c2cnc(CCCNC3CC3)o2)c(C)o1. The van der Waals surface area contributed by atoms with Crippen LogP contribution >= 0.6 is 0 Å². The van der Waals surface area contributed by atoms with Gasteiger partial charge in [0.25, 0.3) is 0 Å². The highest BCUT2D eigenvalue weighted by Gasteiger charge is 2.19. The van der Waals surface area contributed by atoms with E-state index < -0.39 is 0 Å². The Morgan fingerprint density at radius 3 is 2.84 bits per heavy atom. The molecule has 1 fully saturated rings. The molecule has 1 aliphatic rings. The summed E-state index contributed by atoms with van der Waals surface area (Å²) >= 11 is 0. The smallest absolute Gasteiger partial charge is 0.194 e. The van der Waals surface area contributed by atoms with E-state index in [0.29, 0.717) is 0 Å². The second kappa shape index (κ2) is 5.21. The zero-order valence-electron chi connectivity index (χ0n) is 11.5. The molecule has 3 rings (SSSR count). The second-order valence-electron chi connectivity index (χ2n) is 5.28. The van der Waals surface area contributed by atoms with Crippen LogP contribution in [-0.2, 0) is 6.42 Å². The summed E-state index contributed by atoms with van der Waals surface area (Å²) in [4.78, 5) is 4.34. The topological polar surface area (TPSA) is 51.2 Å². The number of furan rings is 1. The van der Waals surface area contributed by atoms with E-state index in [2.05, 4.69) is 10.3 Å². The van der Waals surface area contributed by atoms with Crippen LogP contribution < -0.4 is 5.32 Å². The van der Waals surface area contributed by atoms with Crippen LogP contribution in [0.4, 0.5) is 0 Å². The van der Waals surface area contributed by atoms with Gasteiger partial charge >= 0.3 is 0 Å². The van der Waals surface area contributed by atoms with Crippen molar-refractivity contribution in [1.29, 1.82) is 0 Å². The molecule has 102 valence electrons. The van der Waals surface area contributed by atoms with Gasteiger partial charge in [-0.2, -0.15) is 0 Å². The Balaban J connectivity index is 1.57. The third-order valence-electron chi connectivity index (χ3n) is 3.44. The molecule has 0 saturated heterocycles. The van der Waals surface area contributed by atoms with Gasteiger partial charge in [-0.1, -0.05) is 0 Å². The molecule has 0 spiro atoms. The monoisotopic (exact) mass is 260 g/mol. The number of nitrogens with zero attached hydrogens (tertiary/aromatic N) is 1. The zero-order valence-corrected chi connectivity index (χ0v) is 11.5. The van der Waals surface area contributed by atoms with Crippen LogP contribution in [0.25, 0.3) is 11.3 Å². The van der Waals surface area contributed by atoms with E-state index in [1.165, 1.54) is 12.8 Å². The quantitative estimate of drug-likeness (QED) is 0.810. The van der Waals surface area contributed by atoms with E-state index in [-0.39, 0.29) is 0 Å². The molecule has 0 radical (unpaired) electrons. The first-order valence-corrected chi connectivity index (χ1v) is 6.98. The van der Waals surface area contributed by atoms with Crippen molar-refractivity contribution in [3.05, 3.63) is 29.7 Å². The summed E-state index contributed by atoms with van der Waals surface area (Å²) in [6, 6.07) is 2.77. The molecule has 4 heteroatoms. The summed E-state index contributed by atoms with van der Waals surface area (Å²) in [5, 5.41) is 3.49. The van der Waals surface area contributed by atoms with Crippen LogP contribution in [0.3, 0.4) is 0 Å². The van der Waals surface area contributed by atoms with Gasteiger partial charge in [-0.05, 0) is 45.7 Å². The highest BCUT2D eigenvalue weighted by Crippen LogP contribution is 2.27. The summed E-state index contributed by atoms with van der Waals surface area (Å²) in [5.74, 6) is 3.40. The van der Waals surface area contributed by atoms with Gasteiger partial charge < -0.3 is 14.2 Å². The number of hydrogen-bond donors (Lipinski definition) is 1. The summed E-state index contributed by atoms with van der Waals surface area (Å²) in [6.07, 6.45) is 6.42. The molecular formula is C15H20N2O2. The Hall–Kier alpha value is -1.55. The Labute approximate surface area is 113 Å². The van der Waals surface area contributed by atoms with Crippen LogP contribution in [0.2, 0.25) is 0 Å². The lowest BCUT2D eigenvalue weighted by Crippen LogP contribution is -2.17. The molecule has 0 unspecified atom stereocenters. The molecule has 1 N–H and O–H groups in total. The fourth-order valence-corrected chi connectivity index (χ4v) is 2.26. The Bertz CT molecular complexity index is 552. The summed E-state index contributed by atoms with van der Waals surface area (Å²) in [7, 11) is 0. The Kier molecular flexibility index (Phi) is 3.42. The predicted octanol–water partition coefficient (Wildman–Crippen LogP) is 3.24. The van der Waals surface area contributed by atoms with Crippen molar-refractivity contribution in [1.82, 2.24) is 10.3 Å². The predicted molar refractivity (Wildman–Crippen MR) is 73.0 cm³/mol. The zero-order chi connectivity index (χ0) is 13.2. The molecule has 19 heavy (non-hydrogen) atoms. The number of oxazole rings is 1. The van der Waals surface area contributed by atoms with Gasteiger partial charge in [0.05, 0.1) is 11.8 Å². The molecule has 2 heterocycles. The second-order valence-corrected chi connectivity index (χ2v) is 5.28. The standard InChI is InChI=1S/C15H20N2O2/c1-10-8-13(11(2)18-10)14-9-17-15(19-14)4-3-7-16-12-5-6-12/h8-9,12,16H,3-7H2,1-2H3. The highest BCUT2D eigenvalue weighted by atomic mass is 16.4. The van der Waals surface area contributed by atoms with Crippen molar-refractivity contribution in [2.24, 2.45) is 0 Å². The Morgan fingerprint density at radius 1 is 1.32 bits per heavy atom. The van der Waals surface area contributed by atoms with Crippen molar-refractivity contribution in [2.45, 2.75) is 45.6 Å². The molecule has 1 saturated carbocycles. The number of nitrogens with one attached hydrogen (secondary N) is 1. The van der Waals surface area contributed by atoms with Crippen LogP contribution in [0, 0.1) is 13.8 Å². The van der Waals surface area contributed by atoms with Gasteiger partial charge in [-0.25, -0.2) is 4.98 Å². The average Bonchev–Trinajstić information content (AvgIpc) is 2.98.